The van der Waals surface area contributed by atoms with Crippen LogP contribution in [0.1, 0.15) is 46.1 Å². The molecule has 0 spiro atoms. The minimum absolute atomic E-state index is 0.101. The highest BCUT2D eigenvalue weighted by Gasteiger charge is 2.39. The summed E-state index contributed by atoms with van der Waals surface area (Å²) in [5, 5.41) is 15.7. The fraction of sp³-hybridized carbons (Fsp3) is 0.588. The molecule has 3 N–H and O–H groups in total. The van der Waals surface area contributed by atoms with E-state index in [0.29, 0.717) is 5.92 Å². The van der Waals surface area contributed by atoms with E-state index in [2.05, 4.69) is 31.4 Å². The number of amides is 2. The molecule has 0 bridgehead atoms. The number of anilines is 1. The molecule has 2 rings (SSSR count). The molecular weight excluding hydrogens is 264 g/mol. The summed E-state index contributed by atoms with van der Waals surface area (Å²) in [5.74, 6) is 0.323. The van der Waals surface area contributed by atoms with Gasteiger partial charge in [0.1, 0.15) is 0 Å². The number of aliphatic hydroxyl groups is 1. The summed E-state index contributed by atoms with van der Waals surface area (Å²) in [4.78, 5) is 11.9. The molecule has 1 aromatic carbocycles. The Morgan fingerprint density at radius 2 is 1.76 bits per heavy atom. The Kier molecular flexibility index (Phi) is 4.28. The molecule has 0 saturated heterocycles. The Labute approximate surface area is 126 Å². The van der Waals surface area contributed by atoms with E-state index in [9.17, 15) is 9.90 Å². The normalized spacial score (nSPS) is 18.0. The predicted molar refractivity (Wildman–Crippen MR) is 85.5 cm³/mol. The molecule has 1 unspecified atom stereocenters. The highest BCUT2D eigenvalue weighted by atomic mass is 16.3. The smallest absolute Gasteiger partial charge is 0.319 e. The molecule has 2 amide bonds. The van der Waals surface area contributed by atoms with Gasteiger partial charge in [-0.1, -0.05) is 32.9 Å². The van der Waals surface area contributed by atoms with E-state index in [-0.39, 0.29) is 18.0 Å². The number of benzene rings is 1. The van der Waals surface area contributed by atoms with Crippen molar-refractivity contribution >= 4 is 11.7 Å². The first-order valence-electron chi connectivity index (χ1n) is 7.56. The number of hydrogen-bond donors (Lipinski definition) is 3. The molecule has 1 fully saturated rings. The number of rotatable bonds is 4. The van der Waals surface area contributed by atoms with Crippen LogP contribution in [-0.2, 0) is 5.41 Å². The van der Waals surface area contributed by atoms with Crippen molar-refractivity contribution in [2.75, 3.05) is 11.9 Å². The molecule has 0 aliphatic heterocycles. The van der Waals surface area contributed by atoms with E-state index in [4.69, 9.17) is 0 Å². The maximum Gasteiger partial charge on any atom is 0.319 e. The zero-order chi connectivity index (χ0) is 15.7. The van der Waals surface area contributed by atoms with Crippen molar-refractivity contribution in [3.63, 3.8) is 0 Å². The van der Waals surface area contributed by atoms with E-state index >= 15 is 0 Å². The molecule has 1 saturated carbocycles. The van der Waals surface area contributed by atoms with Crippen molar-refractivity contribution in [1.29, 1.82) is 0 Å². The minimum atomic E-state index is -0.798. The average molecular weight is 290 g/mol. The summed E-state index contributed by atoms with van der Waals surface area (Å²) < 4.78 is 0. The van der Waals surface area contributed by atoms with Crippen LogP contribution in [0, 0.1) is 5.92 Å². The molecule has 0 aromatic heterocycles. The first-order chi connectivity index (χ1) is 9.68. The van der Waals surface area contributed by atoms with Crippen LogP contribution in [0.2, 0.25) is 0 Å². The van der Waals surface area contributed by atoms with Crippen LogP contribution in [0.15, 0.2) is 24.3 Å². The van der Waals surface area contributed by atoms with Gasteiger partial charge in [0.15, 0.2) is 0 Å². The maximum absolute atomic E-state index is 11.9. The molecule has 1 aliphatic rings. The van der Waals surface area contributed by atoms with E-state index in [0.717, 1.165) is 18.5 Å². The molecule has 21 heavy (non-hydrogen) atoms. The zero-order valence-electron chi connectivity index (χ0n) is 13.4. The Bertz CT molecular complexity index is 497. The molecule has 1 aromatic rings. The lowest BCUT2D eigenvalue weighted by atomic mass is 9.87. The first-order valence-corrected chi connectivity index (χ1v) is 7.56. The van der Waals surface area contributed by atoms with Crippen LogP contribution < -0.4 is 10.6 Å². The molecule has 1 atom stereocenters. The van der Waals surface area contributed by atoms with Gasteiger partial charge in [0, 0.05) is 12.2 Å². The van der Waals surface area contributed by atoms with Gasteiger partial charge in [-0.2, -0.15) is 0 Å². The predicted octanol–water partition coefficient (Wildman–Crippen LogP) is 3.27. The van der Waals surface area contributed by atoms with Crippen LogP contribution >= 0.6 is 0 Å². The van der Waals surface area contributed by atoms with Gasteiger partial charge >= 0.3 is 6.03 Å². The van der Waals surface area contributed by atoms with Gasteiger partial charge in [0.05, 0.1) is 5.60 Å². The third-order valence-corrected chi connectivity index (χ3v) is 4.07. The molecule has 116 valence electrons. The SMILES string of the molecule is CC(C)(C)c1ccc(NC(=O)NCC(C)(O)C2CC2)cc1. The quantitative estimate of drug-likeness (QED) is 0.797. The topological polar surface area (TPSA) is 61.4 Å². The lowest BCUT2D eigenvalue weighted by Crippen LogP contribution is -2.43. The Balaban J connectivity index is 1.85. The van der Waals surface area contributed by atoms with Crippen LogP contribution in [0.25, 0.3) is 0 Å². The number of carbonyl (C=O) groups is 1. The second-order valence-corrected chi connectivity index (χ2v) is 7.27. The monoisotopic (exact) mass is 290 g/mol. The summed E-state index contributed by atoms with van der Waals surface area (Å²) in [6.07, 6.45) is 2.09. The number of nitrogens with one attached hydrogen (secondary N) is 2. The van der Waals surface area contributed by atoms with Crippen molar-refractivity contribution in [2.45, 2.75) is 51.6 Å². The largest absolute Gasteiger partial charge is 0.388 e. The second-order valence-electron chi connectivity index (χ2n) is 7.27. The lowest BCUT2D eigenvalue weighted by Gasteiger charge is -2.23. The van der Waals surface area contributed by atoms with E-state index in [1.807, 2.05) is 24.3 Å². The number of urea groups is 1. The zero-order valence-corrected chi connectivity index (χ0v) is 13.4. The molecule has 4 nitrogen and oxygen atoms in total. The van der Waals surface area contributed by atoms with Crippen molar-refractivity contribution in [3.8, 4) is 0 Å². The van der Waals surface area contributed by atoms with E-state index in [1.165, 1.54) is 5.56 Å². The second kappa shape index (κ2) is 5.68. The lowest BCUT2D eigenvalue weighted by molar-refractivity contribution is 0.0398. The molecule has 0 heterocycles. The van der Waals surface area contributed by atoms with Crippen LogP contribution in [-0.4, -0.2) is 23.3 Å². The molecule has 4 heteroatoms. The Hall–Kier alpha value is -1.55. The number of hydrogen-bond acceptors (Lipinski definition) is 2. The Morgan fingerprint density at radius 1 is 1.19 bits per heavy atom. The summed E-state index contributed by atoms with van der Waals surface area (Å²) >= 11 is 0. The summed E-state index contributed by atoms with van der Waals surface area (Å²) in [6.45, 7) is 8.53. The van der Waals surface area contributed by atoms with Crippen molar-refractivity contribution < 1.29 is 9.90 Å². The van der Waals surface area contributed by atoms with Gasteiger partial charge < -0.3 is 15.7 Å². The van der Waals surface area contributed by atoms with Gasteiger partial charge in [-0.3, -0.25) is 0 Å². The first kappa shape index (κ1) is 15.8. The molecule has 1 aliphatic carbocycles. The highest BCUT2D eigenvalue weighted by Crippen LogP contribution is 2.39. The van der Waals surface area contributed by atoms with Crippen LogP contribution in [0.3, 0.4) is 0 Å². The average Bonchev–Trinajstić information content (AvgIpc) is 3.21. The van der Waals surface area contributed by atoms with E-state index in [1.54, 1.807) is 6.92 Å². The van der Waals surface area contributed by atoms with Crippen molar-refractivity contribution in [3.05, 3.63) is 29.8 Å². The van der Waals surface area contributed by atoms with Gasteiger partial charge in [-0.15, -0.1) is 0 Å². The third kappa shape index (κ3) is 4.46. The fourth-order valence-corrected chi connectivity index (χ4v) is 2.34. The summed E-state index contributed by atoms with van der Waals surface area (Å²) in [5.41, 5.74) is 1.29. The molecular formula is C17H26N2O2. The van der Waals surface area contributed by atoms with Crippen molar-refractivity contribution in [1.82, 2.24) is 5.32 Å². The number of carbonyl (C=O) groups excluding carboxylic acids is 1. The standard InChI is InChI=1S/C17H26N2O2/c1-16(2,3)12-7-9-14(10-8-12)19-15(20)18-11-17(4,21)13-5-6-13/h7-10,13,21H,5-6,11H2,1-4H3,(H2,18,19,20). The summed E-state index contributed by atoms with van der Waals surface area (Å²) in [6, 6.07) is 7.57. The van der Waals surface area contributed by atoms with Crippen molar-refractivity contribution in [2.24, 2.45) is 5.92 Å². The highest BCUT2D eigenvalue weighted by molar-refractivity contribution is 5.89. The minimum Gasteiger partial charge on any atom is -0.388 e. The maximum atomic E-state index is 11.9. The fourth-order valence-electron chi connectivity index (χ4n) is 2.34. The van der Waals surface area contributed by atoms with Crippen LogP contribution in [0.4, 0.5) is 10.5 Å². The van der Waals surface area contributed by atoms with Gasteiger partial charge in [-0.25, -0.2) is 4.79 Å². The summed E-state index contributed by atoms with van der Waals surface area (Å²) in [7, 11) is 0. The Morgan fingerprint density at radius 3 is 2.24 bits per heavy atom. The third-order valence-electron chi connectivity index (χ3n) is 4.07. The van der Waals surface area contributed by atoms with Gasteiger partial charge in [0.2, 0.25) is 0 Å². The van der Waals surface area contributed by atoms with Crippen LogP contribution in [0.5, 0.6) is 0 Å². The van der Waals surface area contributed by atoms with E-state index < -0.39 is 5.60 Å². The van der Waals surface area contributed by atoms with Gasteiger partial charge in [0.25, 0.3) is 0 Å². The molecule has 0 radical (unpaired) electrons. The van der Waals surface area contributed by atoms with Gasteiger partial charge in [-0.05, 0) is 48.8 Å².